The van der Waals surface area contributed by atoms with E-state index >= 15 is 0 Å². The first kappa shape index (κ1) is 14.8. The average Bonchev–Trinajstić information content (AvgIpc) is 2.57. The first-order valence-corrected chi connectivity index (χ1v) is 7.41. The van der Waals surface area contributed by atoms with Gasteiger partial charge in [0.2, 0.25) is 11.6 Å². The van der Waals surface area contributed by atoms with Gasteiger partial charge >= 0.3 is 0 Å². The first-order valence-electron chi connectivity index (χ1n) is 7.41. The van der Waals surface area contributed by atoms with E-state index in [2.05, 4.69) is 20.2 Å². The number of allylic oxidation sites excluding steroid dienone is 2. The molecule has 0 atom stereocenters. The Morgan fingerprint density at radius 1 is 1.14 bits per heavy atom. The number of fused-ring (bicyclic) bond motifs is 1. The van der Waals surface area contributed by atoms with Crippen LogP contribution in [0.1, 0.15) is 27.4 Å². The van der Waals surface area contributed by atoms with Gasteiger partial charge in [-0.25, -0.2) is 9.97 Å². The molecule has 7 nitrogen and oxygen atoms in total. The highest BCUT2D eigenvalue weighted by Crippen LogP contribution is 2.15. The van der Waals surface area contributed by atoms with E-state index in [0.717, 1.165) is 39.3 Å². The van der Waals surface area contributed by atoms with Gasteiger partial charge in [-0.15, -0.1) is 0 Å². The van der Waals surface area contributed by atoms with Crippen molar-refractivity contribution in [3.8, 4) is 0 Å². The van der Waals surface area contributed by atoms with Gasteiger partial charge in [0.05, 0.1) is 18.9 Å². The van der Waals surface area contributed by atoms with E-state index < -0.39 is 0 Å². The van der Waals surface area contributed by atoms with Crippen molar-refractivity contribution in [2.75, 3.05) is 39.4 Å². The van der Waals surface area contributed by atoms with Crippen molar-refractivity contribution in [2.24, 2.45) is 0 Å². The molecule has 22 heavy (non-hydrogen) atoms. The monoisotopic (exact) mass is 302 g/mol. The van der Waals surface area contributed by atoms with Crippen molar-refractivity contribution < 1.29 is 14.3 Å². The molecule has 1 saturated heterocycles. The predicted octanol–water partition coefficient (Wildman–Crippen LogP) is 0.0514. The number of carbonyl (C=O) groups excluding carboxylic acids is 2. The summed E-state index contributed by atoms with van der Waals surface area (Å²) in [6.07, 6.45) is 5.05. The summed E-state index contributed by atoms with van der Waals surface area (Å²) in [6, 6.07) is 0. The minimum Gasteiger partial charge on any atom is -0.382 e. The molecule has 2 heterocycles. The van der Waals surface area contributed by atoms with Crippen molar-refractivity contribution in [3.05, 3.63) is 35.6 Å². The first-order chi connectivity index (χ1) is 10.8. The molecule has 0 aromatic carbocycles. The van der Waals surface area contributed by atoms with Crippen LogP contribution in [0.15, 0.2) is 24.2 Å². The normalized spacial score (nSPS) is 18.8. The third-order valence-corrected chi connectivity index (χ3v) is 3.74. The SMILES string of the molecule is O=C1C=C(NCCCN2CCOCC2)C(=O)c2nccnc21. The maximum absolute atomic E-state index is 12.2. The van der Waals surface area contributed by atoms with Gasteiger partial charge in [-0.2, -0.15) is 0 Å². The molecular weight excluding hydrogens is 284 g/mol. The van der Waals surface area contributed by atoms with Gasteiger partial charge in [-0.05, 0) is 13.0 Å². The van der Waals surface area contributed by atoms with E-state index in [1.54, 1.807) is 0 Å². The summed E-state index contributed by atoms with van der Waals surface area (Å²) in [5.74, 6) is -0.549. The summed E-state index contributed by atoms with van der Waals surface area (Å²) < 4.78 is 5.30. The van der Waals surface area contributed by atoms with E-state index in [-0.39, 0.29) is 23.0 Å². The predicted molar refractivity (Wildman–Crippen MR) is 78.7 cm³/mol. The van der Waals surface area contributed by atoms with Gasteiger partial charge in [0, 0.05) is 38.1 Å². The zero-order chi connectivity index (χ0) is 15.4. The van der Waals surface area contributed by atoms with E-state index in [0.29, 0.717) is 12.2 Å². The molecule has 116 valence electrons. The number of hydrogen-bond donors (Lipinski definition) is 1. The van der Waals surface area contributed by atoms with Crippen LogP contribution in [-0.2, 0) is 4.74 Å². The number of ether oxygens (including phenoxy) is 1. The topological polar surface area (TPSA) is 84.4 Å². The van der Waals surface area contributed by atoms with Gasteiger partial charge < -0.3 is 10.1 Å². The summed E-state index contributed by atoms with van der Waals surface area (Å²) >= 11 is 0. The van der Waals surface area contributed by atoms with Crippen LogP contribution >= 0.6 is 0 Å². The van der Waals surface area contributed by atoms with Crippen molar-refractivity contribution in [1.29, 1.82) is 0 Å². The molecular formula is C15H18N4O3. The maximum Gasteiger partial charge on any atom is 0.229 e. The number of morpholine rings is 1. The van der Waals surface area contributed by atoms with Gasteiger partial charge in [0.25, 0.3) is 0 Å². The van der Waals surface area contributed by atoms with Crippen molar-refractivity contribution in [2.45, 2.75) is 6.42 Å². The van der Waals surface area contributed by atoms with Gasteiger partial charge in [0.15, 0.2) is 0 Å². The third kappa shape index (κ3) is 3.20. The summed E-state index contributed by atoms with van der Waals surface area (Å²) in [4.78, 5) is 34.4. The maximum atomic E-state index is 12.2. The number of nitrogens with one attached hydrogen (secondary N) is 1. The molecule has 0 unspecified atom stereocenters. The summed E-state index contributed by atoms with van der Waals surface area (Å²) in [5.41, 5.74) is 0.567. The van der Waals surface area contributed by atoms with Crippen LogP contribution in [0.3, 0.4) is 0 Å². The molecule has 0 amide bonds. The molecule has 7 heteroatoms. The largest absolute Gasteiger partial charge is 0.382 e. The number of Topliss-reactive ketones (excluding diaryl/α,β-unsaturated/α-hetero) is 1. The summed E-state index contributed by atoms with van der Waals surface area (Å²) in [5, 5.41) is 3.05. The summed E-state index contributed by atoms with van der Waals surface area (Å²) in [6.45, 7) is 5.04. The Bertz CT molecular complexity index is 609. The van der Waals surface area contributed by atoms with Crippen LogP contribution in [0.4, 0.5) is 0 Å². The second kappa shape index (κ2) is 6.76. The van der Waals surface area contributed by atoms with Crippen LogP contribution in [0, 0.1) is 0 Å². The van der Waals surface area contributed by atoms with E-state index in [1.807, 2.05) is 0 Å². The second-order valence-corrected chi connectivity index (χ2v) is 5.24. The Hall–Kier alpha value is -2.12. The van der Waals surface area contributed by atoms with Crippen molar-refractivity contribution in [3.63, 3.8) is 0 Å². The van der Waals surface area contributed by atoms with Crippen LogP contribution in [0.5, 0.6) is 0 Å². The lowest BCUT2D eigenvalue weighted by molar-refractivity contribution is 0.0375. The van der Waals surface area contributed by atoms with Crippen molar-refractivity contribution >= 4 is 11.6 Å². The molecule has 1 aromatic heterocycles. The van der Waals surface area contributed by atoms with E-state index in [9.17, 15) is 9.59 Å². The second-order valence-electron chi connectivity index (χ2n) is 5.24. The zero-order valence-corrected chi connectivity index (χ0v) is 12.2. The van der Waals surface area contributed by atoms with Gasteiger partial charge in [-0.1, -0.05) is 0 Å². The lowest BCUT2D eigenvalue weighted by Gasteiger charge is -2.26. The smallest absolute Gasteiger partial charge is 0.229 e. The number of nitrogens with zero attached hydrogens (tertiary/aromatic N) is 3. The fourth-order valence-corrected chi connectivity index (χ4v) is 2.56. The molecule has 3 rings (SSSR count). The quantitative estimate of drug-likeness (QED) is 0.769. The molecule has 0 spiro atoms. The van der Waals surface area contributed by atoms with E-state index in [1.165, 1.54) is 18.5 Å². The highest BCUT2D eigenvalue weighted by Gasteiger charge is 2.27. The molecule has 0 bridgehead atoms. The highest BCUT2D eigenvalue weighted by atomic mass is 16.5. The molecule has 2 aliphatic rings. The minimum absolute atomic E-state index is 0.130. The van der Waals surface area contributed by atoms with Crippen LogP contribution in [0.25, 0.3) is 0 Å². The Labute approximate surface area is 128 Å². The van der Waals surface area contributed by atoms with Crippen LogP contribution < -0.4 is 5.32 Å². The number of rotatable bonds is 5. The lowest BCUT2D eigenvalue weighted by atomic mass is 10.0. The van der Waals surface area contributed by atoms with Crippen LogP contribution in [-0.4, -0.2) is 65.8 Å². The Morgan fingerprint density at radius 3 is 2.64 bits per heavy atom. The molecule has 0 radical (unpaired) electrons. The fourth-order valence-electron chi connectivity index (χ4n) is 2.56. The molecule has 1 fully saturated rings. The molecule has 1 N–H and O–H groups in total. The van der Waals surface area contributed by atoms with E-state index in [4.69, 9.17) is 4.74 Å². The minimum atomic E-state index is -0.279. The zero-order valence-electron chi connectivity index (χ0n) is 12.2. The number of carbonyl (C=O) groups is 2. The highest BCUT2D eigenvalue weighted by molar-refractivity contribution is 6.22. The Kier molecular flexibility index (Phi) is 4.55. The number of hydrogen-bond acceptors (Lipinski definition) is 7. The summed E-state index contributed by atoms with van der Waals surface area (Å²) in [7, 11) is 0. The van der Waals surface area contributed by atoms with Crippen LogP contribution in [0.2, 0.25) is 0 Å². The molecule has 1 aromatic rings. The average molecular weight is 302 g/mol. The van der Waals surface area contributed by atoms with Gasteiger partial charge in [-0.3, -0.25) is 14.5 Å². The van der Waals surface area contributed by atoms with Crippen molar-refractivity contribution in [1.82, 2.24) is 20.2 Å². The standard InChI is InChI=1S/C15H18N4O3/c20-12-10-11(15(21)14-13(12)17-3-4-18-14)16-2-1-5-19-6-8-22-9-7-19/h3-4,10,16H,1-2,5-9H2. The Balaban J connectivity index is 1.53. The van der Waals surface area contributed by atoms with Gasteiger partial charge in [0.1, 0.15) is 11.4 Å². The molecule has 0 saturated carbocycles. The lowest BCUT2D eigenvalue weighted by Crippen LogP contribution is -2.38. The number of ketones is 2. The third-order valence-electron chi connectivity index (χ3n) is 3.74. The molecule has 1 aliphatic carbocycles. The number of aromatic nitrogens is 2. The fraction of sp³-hybridized carbons (Fsp3) is 0.467. The molecule has 1 aliphatic heterocycles. The Morgan fingerprint density at radius 2 is 1.86 bits per heavy atom.